The zero-order chi connectivity index (χ0) is 17.2. The number of aliphatic hydroxyl groups excluding tert-OH is 1. The standard InChI is InChI=1S/C16H21F2NO4/c1-16(2,3)23-15(21)19-13-7-10(20)8-22-14(13)11-6-9(17)4-5-12(11)18/h4-6,10,13-14,20H,7-8H2,1-3H3,(H,19,21)/t10-,13-,14+/m0/s1. The number of hydrogen-bond donors (Lipinski definition) is 2. The summed E-state index contributed by atoms with van der Waals surface area (Å²) in [6.07, 6.45) is -2.26. The number of alkyl carbamates (subject to hydrolysis) is 1. The summed E-state index contributed by atoms with van der Waals surface area (Å²) in [4.78, 5) is 11.9. The molecule has 0 aromatic heterocycles. The van der Waals surface area contributed by atoms with Crippen LogP contribution in [0.25, 0.3) is 0 Å². The average Bonchev–Trinajstić information content (AvgIpc) is 2.40. The molecule has 0 spiro atoms. The van der Waals surface area contributed by atoms with Crippen LogP contribution in [0, 0.1) is 11.6 Å². The van der Waals surface area contributed by atoms with E-state index >= 15 is 0 Å². The van der Waals surface area contributed by atoms with Crippen molar-refractivity contribution in [2.75, 3.05) is 6.61 Å². The summed E-state index contributed by atoms with van der Waals surface area (Å²) < 4.78 is 38.0. The first-order valence-corrected chi connectivity index (χ1v) is 7.40. The number of halogens is 2. The van der Waals surface area contributed by atoms with E-state index in [4.69, 9.17) is 9.47 Å². The van der Waals surface area contributed by atoms with Crippen LogP contribution in [0.3, 0.4) is 0 Å². The van der Waals surface area contributed by atoms with Gasteiger partial charge in [-0.25, -0.2) is 13.6 Å². The van der Waals surface area contributed by atoms with Crippen molar-refractivity contribution in [1.82, 2.24) is 5.32 Å². The third-order valence-corrected chi connectivity index (χ3v) is 3.33. The monoisotopic (exact) mass is 329 g/mol. The summed E-state index contributed by atoms with van der Waals surface area (Å²) in [7, 11) is 0. The Kier molecular flexibility index (Phi) is 5.21. The second-order valence-electron chi connectivity index (χ2n) is 6.56. The fraction of sp³-hybridized carbons (Fsp3) is 0.562. The van der Waals surface area contributed by atoms with E-state index < -0.39 is 41.6 Å². The van der Waals surface area contributed by atoms with Gasteiger partial charge in [-0.1, -0.05) is 0 Å². The molecule has 128 valence electrons. The lowest BCUT2D eigenvalue weighted by molar-refractivity contribution is -0.0779. The predicted octanol–water partition coefficient (Wildman–Crippen LogP) is 2.68. The van der Waals surface area contributed by atoms with Gasteiger partial charge in [-0.05, 0) is 45.4 Å². The van der Waals surface area contributed by atoms with E-state index in [2.05, 4.69) is 5.32 Å². The number of amides is 1. The maximum Gasteiger partial charge on any atom is 0.407 e. The van der Waals surface area contributed by atoms with Gasteiger partial charge in [0.25, 0.3) is 0 Å². The fourth-order valence-electron chi connectivity index (χ4n) is 2.45. The van der Waals surface area contributed by atoms with Crippen LogP contribution >= 0.6 is 0 Å². The lowest BCUT2D eigenvalue weighted by Gasteiger charge is -2.35. The highest BCUT2D eigenvalue weighted by molar-refractivity contribution is 5.68. The quantitative estimate of drug-likeness (QED) is 0.875. The highest BCUT2D eigenvalue weighted by atomic mass is 19.1. The molecule has 1 amide bonds. The van der Waals surface area contributed by atoms with Gasteiger partial charge in [-0.15, -0.1) is 0 Å². The fourth-order valence-corrected chi connectivity index (χ4v) is 2.45. The Labute approximate surface area is 133 Å². The summed E-state index contributed by atoms with van der Waals surface area (Å²) in [5.74, 6) is -1.24. The summed E-state index contributed by atoms with van der Waals surface area (Å²) in [5, 5.41) is 12.3. The van der Waals surface area contributed by atoms with E-state index in [0.29, 0.717) is 0 Å². The minimum absolute atomic E-state index is 0.00189. The van der Waals surface area contributed by atoms with Gasteiger partial charge in [0, 0.05) is 5.56 Å². The van der Waals surface area contributed by atoms with Crippen molar-refractivity contribution in [3.8, 4) is 0 Å². The average molecular weight is 329 g/mol. The van der Waals surface area contributed by atoms with Crippen molar-refractivity contribution in [3.63, 3.8) is 0 Å². The van der Waals surface area contributed by atoms with Crippen LogP contribution in [0.4, 0.5) is 13.6 Å². The molecule has 2 rings (SSSR count). The first kappa shape index (κ1) is 17.6. The van der Waals surface area contributed by atoms with Crippen molar-refractivity contribution in [2.24, 2.45) is 0 Å². The molecule has 0 saturated carbocycles. The molecule has 0 unspecified atom stereocenters. The number of nitrogens with one attached hydrogen (secondary N) is 1. The molecule has 2 N–H and O–H groups in total. The van der Waals surface area contributed by atoms with Crippen molar-refractivity contribution in [3.05, 3.63) is 35.4 Å². The molecule has 3 atom stereocenters. The molecule has 1 aromatic carbocycles. The van der Waals surface area contributed by atoms with Crippen molar-refractivity contribution in [1.29, 1.82) is 0 Å². The normalized spacial score (nSPS) is 25.0. The number of carbonyl (C=O) groups excluding carboxylic acids is 1. The minimum Gasteiger partial charge on any atom is -0.444 e. The lowest BCUT2D eigenvalue weighted by Crippen LogP contribution is -2.48. The number of aliphatic hydroxyl groups is 1. The van der Waals surface area contributed by atoms with Crippen molar-refractivity contribution >= 4 is 6.09 Å². The Hall–Kier alpha value is -1.73. The van der Waals surface area contributed by atoms with E-state index in [1.54, 1.807) is 20.8 Å². The van der Waals surface area contributed by atoms with Crippen molar-refractivity contribution < 1.29 is 28.2 Å². The minimum atomic E-state index is -0.901. The molecule has 1 saturated heterocycles. The zero-order valence-electron chi connectivity index (χ0n) is 13.3. The summed E-state index contributed by atoms with van der Waals surface area (Å²) in [6.45, 7) is 5.11. The Morgan fingerprint density at radius 1 is 1.39 bits per heavy atom. The van der Waals surface area contributed by atoms with E-state index in [0.717, 1.165) is 18.2 Å². The largest absolute Gasteiger partial charge is 0.444 e. The molecule has 1 aliphatic rings. The van der Waals surface area contributed by atoms with Gasteiger partial charge in [0.2, 0.25) is 0 Å². The topological polar surface area (TPSA) is 67.8 Å². The van der Waals surface area contributed by atoms with E-state index in [-0.39, 0.29) is 18.6 Å². The Morgan fingerprint density at radius 3 is 2.74 bits per heavy atom. The SMILES string of the molecule is CC(C)(C)OC(=O)N[C@H]1C[C@H](O)CO[C@@H]1c1cc(F)ccc1F. The van der Waals surface area contributed by atoms with E-state index in [9.17, 15) is 18.7 Å². The second-order valence-corrected chi connectivity index (χ2v) is 6.56. The molecule has 1 aliphatic heterocycles. The molecular formula is C16H21F2NO4. The predicted molar refractivity (Wildman–Crippen MR) is 78.8 cm³/mol. The molecule has 5 nitrogen and oxygen atoms in total. The highest BCUT2D eigenvalue weighted by Crippen LogP contribution is 2.31. The van der Waals surface area contributed by atoms with Gasteiger partial charge >= 0.3 is 6.09 Å². The van der Waals surface area contributed by atoms with Crippen LogP contribution in [-0.2, 0) is 9.47 Å². The molecule has 0 bridgehead atoms. The van der Waals surface area contributed by atoms with Crippen LogP contribution in [0.15, 0.2) is 18.2 Å². The number of hydrogen-bond acceptors (Lipinski definition) is 4. The van der Waals surface area contributed by atoms with E-state index in [1.165, 1.54) is 0 Å². The Balaban J connectivity index is 2.19. The molecular weight excluding hydrogens is 308 g/mol. The number of rotatable bonds is 2. The Morgan fingerprint density at radius 2 is 2.09 bits per heavy atom. The molecule has 1 heterocycles. The van der Waals surface area contributed by atoms with E-state index in [1.807, 2.05) is 0 Å². The summed E-state index contributed by atoms with van der Waals surface area (Å²) in [6, 6.07) is 2.31. The van der Waals surface area contributed by atoms with Gasteiger partial charge in [-0.3, -0.25) is 0 Å². The molecule has 1 fully saturated rings. The maximum absolute atomic E-state index is 14.0. The molecule has 1 aromatic rings. The van der Waals surface area contributed by atoms with Gasteiger partial charge in [0.05, 0.1) is 18.8 Å². The number of benzene rings is 1. The van der Waals surface area contributed by atoms with Gasteiger partial charge in [0.1, 0.15) is 23.3 Å². The third-order valence-electron chi connectivity index (χ3n) is 3.33. The Bertz CT molecular complexity index is 574. The highest BCUT2D eigenvalue weighted by Gasteiger charge is 2.35. The summed E-state index contributed by atoms with van der Waals surface area (Å²) in [5.41, 5.74) is -0.698. The molecule has 0 aliphatic carbocycles. The maximum atomic E-state index is 14.0. The van der Waals surface area contributed by atoms with Crippen LogP contribution in [0.1, 0.15) is 38.9 Å². The van der Waals surface area contributed by atoms with Crippen LogP contribution in [-0.4, -0.2) is 35.6 Å². The molecule has 7 heteroatoms. The smallest absolute Gasteiger partial charge is 0.407 e. The number of ether oxygens (including phenoxy) is 2. The summed E-state index contributed by atoms with van der Waals surface area (Å²) >= 11 is 0. The lowest BCUT2D eigenvalue weighted by atomic mass is 9.94. The molecule has 0 radical (unpaired) electrons. The van der Waals surface area contributed by atoms with Gasteiger partial charge < -0.3 is 19.9 Å². The van der Waals surface area contributed by atoms with Crippen LogP contribution in [0.2, 0.25) is 0 Å². The number of carbonyl (C=O) groups is 1. The van der Waals surface area contributed by atoms with Crippen molar-refractivity contribution in [2.45, 2.75) is 51.0 Å². The van der Waals surface area contributed by atoms with Crippen LogP contribution < -0.4 is 5.32 Å². The van der Waals surface area contributed by atoms with Crippen LogP contribution in [0.5, 0.6) is 0 Å². The first-order valence-electron chi connectivity index (χ1n) is 7.40. The van der Waals surface area contributed by atoms with Gasteiger partial charge in [-0.2, -0.15) is 0 Å². The zero-order valence-corrected chi connectivity index (χ0v) is 13.3. The third kappa shape index (κ3) is 4.87. The van der Waals surface area contributed by atoms with Gasteiger partial charge in [0.15, 0.2) is 0 Å². The second kappa shape index (κ2) is 6.80. The molecule has 23 heavy (non-hydrogen) atoms. The first-order chi connectivity index (χ1) is 10.7.